The predicted octanol–water partition coefficient (Wildman–Crippen LogP) is 4.58. The number of anilines is 1. The van der Waals surface area contributed by atoms with Gasteiger partial charge < -0.3 is 5.11 Å². The van der Waals surface area contributed by atoms with Crippen molar-refractivity contribution in [3.63, 3.8) is 0 Å². The highest BCUT2D eigenvalue weighted by Gasteiger charge is 2.09. The first kappa shape index (κ1) is 20.4. The van der Waals surface area contributed by atoms with Crippen LogP contribution in [0.1, 0.15) is 27.0 Å². The minimum Gasteiger partial charge on any atom is -0.478 e. The van der Waals surface area contributed by atoms with E-state index in [1.807, 2.05) is 54.6 Å². The topological polar surface area (TPSA) is 83.5 Å². The van der Waals surface area contributed by atoms with Gasteiger partial charge in [-0.2, -0.15) is 0 Å². The molecule has 0 aliphatic carbocycles. The second-order valence-electron chi connectivity index (χ2n) is 6.52. The van der Waals surface area contributed by atoms with Crippen LogP contribution in [-0.2, 0) is 22.9 Å². The van der Waals surface area contributed by atoms with E-state index in [1.165, 1.54) is 6.08 Å². The zero-order chi connectivity index (χ0) is 20.7. The van der Waals surface area contributed by atoms with E-state index in [0.29, 0.717) is 24.1 Å². The summed E-state index contributed by atoms with van der Waals surface area (Å²) in [7, 11) is -3.61. The molecular formula is C23H21NO4S. The highest BCUT2D eigenvalue weighted by atomic mass is 32.2. The van der Waals surface area contributed by atoms with Gasteiger partial charge in [-0.25, -0.2) is 13.2 Å². The minimum absolute atomic E-state index is 0.307. The fourth-order valence-electron chi connectivity index (χ4n) is 2.90. The molecule has 3 aromatic carbocycles. The first-order valence-corrected chi connectivity index (χ1v) is 10.6. The molecule has 0 aromatic heterocycles. The number of carboxylic acid groups (broad SMARTS) is 1. The van der Waals surface area contributed by atoms with Crippen molar-refractivity contribution in [2.45, 2.75) is 12.8 Å². The Hall–Kier alpha value is -3.38. The van der Waals surface area contributed by atoms with Crippen molar-refractivity contribution in [3.8, 4) is 0 Å². The van der Waals surface area contributed by atoms with Gasteiger partial charge in [-0.15, -0.1) is 0 Å². The van der Waals surface area contributed by atoms with Crippen LogP contribution in [0.5, 0.6) is 0 Å². The van der Waals surface area contributed by atoms with Gasteiger partial charge in [0.05, 0.1) is 11.0 Å². The van der Waals surface area contributed by atoms with Crippen LogP contribution < -0.4 is 4.72 Å². The fraction of sp³-hybridized carbons (Fsp3) is 0.0870. The maximum atomic E-state index is 12.2. The first-order valence-electron chi connectivity index (χ1n) is 9.09. The summed E-state index contributed by atoms with van der Waals surface area (Å²) in [4.78, 5) is 11.3. The fourth-order valence-corrected chi connectivity index (χ4v) is 3.76. The van der Waals surface area contributed by atoms with E-state index in [4.69, 9.17) is 0 Å². The quantitative estimate of drug-likeness (QED) is 0.572. The molecule has 0 spiro atoms. The van der Waals surface area contributed by atoms with E-state index in [1.54, 1.807) is 24.3 Å². The molecule has 0 aliphatic rings. The van der Waals surface area contributed by atoms with E-state index >= 15 is 0 Å². The average molecular weight is 407 g/mol. The summed E-state index contributed by atoms with van der Waals surface area (Å²) in [5, 5.41) is 10.4. The van der Waals surface area contributed by atoms with Gasteiger partial charge in [0.15, 0.2) is 0 Å². The number of carbonyl (C=O) groups is 1. The minimum atomic E-state index is -3.61. The van der Waals surface area contributed by atoms with E-state index < -0.39 is 16.0 Å². The molecule has 0 fully saturated rings. The lowest BCUT2D eigenvalue weighted by atomic mass is 10.00. The Morgan fingerprint density at radius 3 is 2.21 bits per heavy atom. The number of rotatable bonds is 8. The van der Waals surface area contributed by atoms with Gasteiger partial charge in [-0.1, -0.05) is 60.7 Å². The lowest BCUT2D eigenvalue weighted by Crippen LogP contribution is -2.08. The van der Waals surface area contributed by atoms with E-state index in [9.17, 15) is 18.3 Å². The summed E-state index contributed by atoms with van der Waals surface area (Å²) in [5.41, 5.74) is 3.35. The molecule has 0 heterocycles. The molecule has 5 nitrogen and oxygen atoms in total. The van der Waals surface area contributed by atoms with Crippen LogP contribution in [0.15, 0.2) is 84.3 Å². The van der Waals surface area contributed by atoms with Crippen molar-refractivity contribution < 1.29 is 18.3 Å². The van der Waals surface area contributed by atoms with Crippen LogP contribution in [0.4, 0.5) is 5.69 Å². The Morgan fingerprint density at radius 2 is 1.52 bits per heavy atom. The van der Waals surface area contributed by atoms with Crippen molar-refractivity contribution in [2.75, 3.05) is 4.72 Å². The highest BCUT2D eigenvalue weighted by Crippen LogP contribution is 2.16. The standard InChI is InChI=1S/C23H21NO4S/c25-23(26)22-9-5-4-8-20(22)13-10-19-11-14-21(15-12-19)24-29(27,28)17-16-18-6-2-1-3-7-18/h1-9,11-12,14-17,24H,10,13H2,(H,25,26). The molecule has 3 aromatic rings. The van der Waals surface area contributed by atoms with Crippen LogP contribution in [0, 0.1) is 0 Å². The maximum Gasteiger partial charge on any atom is 0.335 e. The Bertz CT molecular complexity index is 1110. The SMILES string of the molecule is O=C(O)c1ccccc1CCc1ccc(NS(=O)(=O)C=Cc2ccccc2)cc1. The molecule has 0 radical (unpaired) electrons. The molecular weight excluding hydrogens is 386 g/mol. The molecule has 0 aliphatic heterocycles. The number of aromatic carboxylic acids is 1. The van der Waals surface area contributed by atoms with Gasteiger partial charge in [0.1, 0.15) is 0 Å². The summed E-state index contributed by atoms with van der Waals surface area (Å²) in [6.45, 7) is 0. The van der Waals surface area contributed by atoms with Crippen LogP contribution >= 0.6 is 0 Å². The van der Waals surface area contributed by atoms with Gasteiger partial charge in [0.2, 0.25) is 0 Å². The molecule has 0 unspecified atom stereocenters. The summed E-state index contributed by atoms with van der Waals surface area (Å²) < 4.78 is 27.0. The second kappa shape index (κ2) is 9.21. The molecule has 0 amide bonds. The normalized spacial score (nSPS) is 11.4. The summed E-state index contributed by atoms with van der Waals surface area (Å²) in [6, 6.07) is 23.2. The third-order valence-electron chi connectivity index (χ3n) is 4.38. The molecule has 6 heteroatoms. The van der Waals surface area contributed by atoms with Gasteiger partial charge in [0.25, 0.3) is 10.0 Å². The van der Waals surface area contributed by atoms with Crippen LogP contribution in [0.2, 0.25) is 0 Å². The summed E-state index contributed by atoms with van der Waals surface area (Å²) in [6.07, 6.45) is 2.79. The number of nitrogens with one attached hydrogen (secondary N) is 1. The van der Waals surface area contributed by atoms with Gasteiger partial charge >= 0.3 is 5.97 Å². The lowest BCUT2D eigenvalue weighted by Gasteiger charge is -2.08. The Labute approximate surface area is 170 Å². The second-order valence-corrected chi connectivity index (χ2v) is 8.09. The zero-order valence-electron chi connectivity index (χ0n) is 15.7. The number of carboxylic acids is 1. The van der Waals surface area contributed by atoms with Crippen molar-refractivity contribution in [3.05, 3.63) is 107 Å². The highest BCUT2D eigenvalue weighted by molar-refractivity contribution is 7.95. The van der Waals surface area contributed by atoms with E-state index in [2.05, 4.69) is 4.72 Å². The number of benzene rings is 3. The average Bonchev–Trinajstić information content (AvgIpc) is 2.72. The molecule has 0 atom stereocenters. The summed E-state index contributed by atoms with van der Waals surface area (Å²) in [5.74, 6) is -0.936. The number of hydrogen-bond acceptors (Lipinski definition) is 3. The van der Waals surface area contributed by atoms with Crippen LogP contribution in [0.25, 0.3) is 6.08 Å². The van der Waals surface area contributed by atoms with Crippen molar-refractivity contribution >= 4 is 27.8 Å². The summed E-state index contributed by atoms with van der Waals surface area (Å²) >= 11 is 0. The van der Waals surface area contributed by atoms with Crippen molar-refractivity contribution in [1.82, 2.24) is 0 Å². The monoisotopic (exact) mass is 407 g/mol. The predicted molar refractivity (Wildman–Crippen MR) is 115 cm³/mol. The zero-order valence-corrected chi connectivity index (χ0v) is 16.5. The molecule has 0 saturated carbocycles. The molecule has 29 heavy (non-hydrogen) atoms. The number of hydrogen-bond donors (Lipinski definition) is 2. The third kappa shape index (κ3) is 6.05. The van der Waals surface area contributed by atoms with Gasteiger partial charge in [-0.05, 0) is 53.8 Å². The Balaban J connectivity index is 1.62. The van der Waals surface area contributed by atoms with Crippen LogP contribution in [0.3, 0.4) is 0 Å². The smallest absolute Gasteiger partial charge is 0.335 e. The maximum absolute atomic E-state index is 12.2. The molecule has 148 valence electrons. The lowest BCUT2D eigenvalue weighted by molar-refractivity contribution is 0.0695. The van der Waals surface area contributed by atoms with Crippen molar-refractivity contribution in [1.29, 1.82) is 0 Å². The Kier molecular flexibility index (Phi) is 6.46. The molecule has 0 bridgehead atoms. The van der Waals surface area contributed by atoms with Crippen molar-refractivity contribution in [2.24, 2.45) is 0 Å². The number of aryl methyl sites for hydroxylation is 2. The van der Waals surface area contributed by atoms with E-state index in [0.717, 1.165) is 22.1 Å². The Morgan fingerprint density at radius 1 is 0.862 bits per heavy atom. The molecule has 3 rings (SSSR count). The molecule has 2 N–H and O–H groups in total. The number of sulfonamides is 1. The third-order valence-corrected chi connectivity index (χ3v) is 5.40. The largest absolute Gasteiger partial charge is 0.478 e. The first-order chi connectivity index (χ1) is 13.9. The van der Waals surface area contributed by atoms with E-state index in [-0.39, 0.29) is 0 Å². The van der Waals surface area contributed by atoms with Gasteiger partial charge in [-0.3, -0.25) is 4.72 Å². The van der Waals surface area contributed by atoms with Gasteiger partial charge in [0, 0.05) is 5.69 Å². The van der Waals surface area contributed by atoms with Crippen LogP contribution in [-0.4, -0.2) is 19.5 Å². The molecule has 0 saturated heterocycles.